The second-order valence-corrected chi connectivity index (χ2v) is 9.78. The predicted molar refractivity (Wildman–Crippen MR) is 112 cm³/mol. The molecule has 160 valence electrons. The third kappa shape index (κ3) is 8.79. The third-order valence-corrected chi connectivity index (χ3v) is 6.00. The Labute approximate surface area is 171 Å². The SMILES string of the molecule is CC(C)CC1CCCC(OC(=O)/C=C/C(=O)OC2CCCC(CC(C)C)C2)C1. The predicted octanol–water partition coefficient (Wildman–Crippen LogP) is 5.84. The molecule has 0 aromatic heterocycles. The minimum Gasteiger partial charge on any atom is -0.459 e. The van der Waals surface area contributed by atoms with Crippen LogP contribution in [0.1, 0.15) is 91.9 Å². The smallest absolute Gasteiger partial charge is 0.331 e. The molecule has 0 aliphatic heterocycles. The monoisotopic (exact) mass is 392 g/mol. The summed E-state index contributed by atoms with van der Waals surface area (Å²) < 4.78 is 11.1. The number of carbonyl (C=O) groups excluding carboxylic acids is 2. The van der Waals surface area contributed by atoms with Gasteiger partial charge in [0, 0.05) is 12.2 Å². The van der Waals surface area contributed by atoms with Crippen molar-refractivity contribution in [1.29, 1.82) is 0 Å². The largest absolute Gasteiger partial charge is 0.459 e. The van der Waals surface area contributed by atoms with Gasteiger partial charge < -0.3 is 9.47 Å². The van der Waals surface area contributed by atoms with E-state index in [2.05, 4.69) is 27.7 Å². The third-order valence-electron chi connectivity index (χ3n) is 6.00. The van der Waals surface area contributed by atoms with E-state index in [0.717, 1.165) is 38.5 Å². The second-order valence-electron chi connectivity index (χ2n) is 9.78. The highest BCUT2D eigenvalue weighted by molar-refractivity contribution is 5.91. The van der Waals surface area contributed by atoms with Gasteiger partial charge in [-0.15, -0.1) is 0 Å². The van der Waals surface area contributed by atoms with Gasteiger partial charge in [0.25, 0.3) is 0 Å². The molecular weight excluding hydrogens is 352 g/mol. The summed E-state index contributed by atoms with van der Waals surface area (Å²) >= 11 is 0. The minimum absolute atomic E-state index is 0.0131. The van der Waals surface area contributed by atoms with Gasteiger partial charge in [0.1, 0.15) is 12.2 Å². The number of ether oxygens (including phenoxy) is 2. The first kappa shape index (κ1) is 23.0. The molecule has 4 heteroatoms. The summed E-state index contributed by atoms with van der Waals surface area (Å²) in [7, 11) is 0. The zero-order valence-corrected chi connectivity index (χ0v) is 18.3. The molecule has 0 heterocycles. The van der Waals surface area contributed by atoms with E-state index >= 15 is 0 Å². The maximum Gasteiger partial charge on any atom is 0.331 e. The van der Waals surface area contributed by atoms with Crippen LogP contribution in [0.2, 0.25) is 0 Å². The molecule has 0 bridgehead atoms. The first-order valence-electron chi connectivity index (χ1n) is 11.4. The average molecular weight is 393 g/mol. The molecule has 2 fully saturated rings. The van der Waals surface area contributed by atoms with Crippen LogP contribution in [0.25, 0.3) is 0 Å². The first-order chi connectivity index (χ1) is 13.3. The normalized spacial score (nSPS) is 28.6. The van der Waals surface area contributed by atoms with Gasteiger partial charge >= 0.3 is 11.9 Å². The Morgan fingerprint density at radius 1 is 0.750 bits per heavy atom. The van der Waals surface area contributed by atoms with Gasteiger partial charge in [-0.05, 0) is 75.0 Å². The van der Waals surface area contributed by atoms with Crippen LogP contribution in [-0.4, -0.2) is 24.1 Å². The number of hydrogen-bond donors (Lipinski definition) is 0. The van der Waals surface area contributed by atoms with Crippen LogP contribution in [-0.2, 0) is 19.1 Å². The van der Waals surface area contributed by atoms with Crippen LogP contribution in [0.4, 0.5) is 0 Å². The summed E-state index contributed by atoms with van der Waals surface area (Å²) in [6, 6.07) is 0. The average Bonchev–Trinajstić information content (AvgIpc) is 2.59. The highest BCUT2D eigenvalue weighted by atomic mass is 16.5. The van der Waals surface area contributed by atoms with E-state index in [9.17, 15) is 9.59 Å². The van der Waals surface area contributed by atoms with Crippen molar-refractivity contribution in [2.24, 2.45) is 23.7 Å². The molecule has 4 nitrogen and oxygen atoms in total. The lowest BCUT2D eigenvalue weighted by atomic mass is 9.82. The van der Waals surface area contributed by atoms with Crippen LogP contribution in [0.5, 0.6) is 0 Å². The Morgan fingerprint density at radius 3 is 1.50 bits per heavy atom. The fourth-order valence-electron chi connectivity index (χ4n) is 5.00. The highest BCUT2D eigenvalue weighted by Crippen LogP contribution is 2.32. The fraction of sp³-hybridized carbons (Fsp3) is 0.833. The van der Waals surface area contributed by atoms with E-state index in [0.29, 0.717) is 23.7 Å². The van der Waals surface area contributed by atoms with Crippen LogP contribution >= 0.6 is 0 Å². The van der Waals surface area contributed by atoms with Crippen LogP contribution in [0, 0.1) is 23.7 Å². The van der Waals surface area contributed by atoms with Crippen LogP contribution in [0.3, 0.4) is 0 Å². The Bertz CT molecular complexity index is 477. The lowest BCUT2D eigenvalue weighted by Gasteiger charge is -2.30. The zero-order chi connectivity index (χ0) is 20.5. The molecule has 0 spiro atoms. The van der Waals surface area contributed by atoms with E-state index < -0.39 is 11.9 Å². The van der Waals surface area contributed by atoms with Crippen molar-refractivity contribution in [2.45, 2.75) is 104 Å². The Morgan fingerprint density at radius 2 is 1.14 bits per heavy atom. The lowest BCUT2D eigenvalue weighted by molar-refractivity contribution is -0.148. The summed E-state index contributed by atoms with van der Waals surface area (Å²) in [4.78, 5) is 24.2. The van der Waals surface area contributed by atoms with E-state index in [1.54, 1.807) is 0 Å². The van der Waals surface area contributed by atoms with E-state index in [1.165, 1.54) is 37.8 Å². The maximum absolute atomic E-state index is 12.1. The Balaban J connectivity index is 1.71. The molecule has 0 amide bonds. The summed E-state index contributed by atoms with van der Waals surface area (Å²) in [5.41, 5.74) is 0. The molecule has 0 aromatic carbocycles. The van der Waals surface area contributed by atoms with E-state index in [-0.39, 0.29) is 12.2 Å². The van der Waals surface area contributed by atoms with Gasteiger partial charge in [-0.2, -0.15) is 0 Å². The number of carbonyl (C=O) groups is 2. The molecular formula is C24H40O4. The topological polar surface area (TPSA) is 52.6 Å². The van der Waals surface area contributed by atoms with Crippen molar-refractivity contribution < 1.29 is 19.1 Å². The van der Waals surface area contributed by atoms with E-state index in [1.807, 2.05) is 0 Å². The first-order valence-corrected chi connectivity index (χ1v) is 11.4. The molecule has 2 rings (SSSR count). The zero-order valence-electron chi connectivity index (χ0n) is 18.3. The molecule has 28 heavy (non-hydrogen) atoms. The maximum atomic E-state index is 12.1. The quantitative estimate of drug-likeness (QED) is 0.385. The van der Waals surface area contributed by atoms with Crippen molar-refractivity contribution in [3.8, 4) is 0 Å². The van der Waals surface area contributed by atoms with Gasteiger partial charge in [0.15, 0.2) is 0 Å². The number of rotatable bonds is 8. The van der Waals surface area contributed by atoms with Crippen molar-refractivity contribution in [3.05, 3.63) is 12.2 Å². The van der Waals surface area contributed by atoms with Crippen LogP contribution < -0.4 is 0 Å². The van der Waals surface area contributed by atoms with Gasteiger partial charge in [-0.3, -0.25) is 0 Å². The molecule has 0 saturated heterocycles. The van der Waals surface area contributed by atoms with Gasteiger partial charge in [0.05, 0.1) is 0 Å². The van der Waals surface area contributed by atoms with Gasteiger partial charge in [0.2, 0.25) is 0 Å². The van der Waals surface area contributed by atoms with Crippen molar-refractivity contribution in [1.82, 2.24) is 0 Å². The van der Waals surface area contributed by atoms with Crippen LogP contribution in [0.15, 0.2) is 12.2 Å². The Kier molecular flexibility index (Phi) is 9.53. The lowest BCUT2D eigenvalue weighted by Crippen LogP contribution is -2.26. The highest BCUT2D eigenvalue weighted by Gasteiger charge is 2.26. The Hall–Kier alpha value is -1.32. The summed E-state index contributed by atoms with van der Waals surface area (Å²) in [6.45, 7) is 8.95. The molecule has 2 aliphatic rings. The molecule has 4 unspecified atom stereocenters. The van der Waals surface area contributed by atoms with Gasteiger partial charge in [-0.1, -0.05) is 40.5 Å². The van der Waals surface area contributed by atoms with Crippen molar-refractivity contribution in [3.63, 3.8) is 0 Å². The standard InChI is InChI=1S/C24H40O4/c1-17(2)13-19-7-5-9-21(15-19)27-23(25)11-12-24(26)28-22-10-6-8-20(16-22)14-18(3)4/h11-12,17-22H,5-10,13-16H2,1-4H3/b12-11+. The molecule has 2 aliphatic carbocycles. The summed E-state index contributed by atoms with van der Waals surface area (Å²) in [5, 5.41) is 0. The minimum atomic E-state index is -0.423. The molecule has 0 aromatic rings. The molecule has 0 N–H and O–H groups in total. The van der Waals surface area contributed by atoms with Crippen molar-refractivity contribution >= 4 is 11.9 Å². The fourth-order valence-corrected chi connectivity index (χ4v) is 5.00. The number of hydrogen-bond acceptors (Lipinski definition) is 4. The van der Waals surface area contributed by atoms with E-state index in [4.69, 9.17) is 9.47 Å². The molecule has 4 atom stereocenters. The molecule has 0 radical (unpaired) electrons. The summed E-state index contributed by atoms with van der Waals surface area (Å²) in [6.07, 6.45) is 13.3. The number of esters is 2. The molecule has 2 saturated carbocycles. The van der Waals surface area contributed by atoms with Crippen molar-refractivity contribution in [2.75, 3.05) is 0 Å². The van der Waals surface area contributed by atoms with Gasteiger partial charge in [-0.25, -0.2) is 9.59 Å². The second kappa shape index (κ2) is 11.6. The summed E-state index contributed by atoms with van der Waals surface area (Å²) in [5.74, 6) is 1.79.